The normalized spacial score (nSPS) is 17.9. The van der Waals surface area contributed by atoms with E-state index in [1.807, 2.05) is 12.1 Å². The highest BCUT2D eigenvalue weighted by atomic mass is 127. The predicted octanol–water partition coefficient (Wildman–Crippen LogP) is 2.97. The molecule has 2 heterocycles. The third-order valence-electron chi connectivity index (χ3n) is 3.62. The zero-order valence-electron chi connectivity index (χ0n) is 11.7. The summed E-state index contributed by atoms with van der Waals surface area (Å²) < 4.78 is 14.4. The first-order chi connectivity index (χ1) is 10.1. The zero-order chi connectivity index (χ0) is 14.8. The quantitative estimate of drug-likeness (QED) is 0.713. The van der Waals surface area contributed by atoms with Gasteiger partial charge in [0.2, 0.25) is 0 Å². The van der Waals surface area contributed by atoms with E-state index in [9.17, 15) is 9.18 Å². The summed E-state index contributed by atoms with van der Waals surface area (Å²) in [5.74, 6) is -0.325. The van der Waals surface area contributed by atoms with E-state index in [0.717, 1.165) is 15.7 Å². The van der Waals surface area contributed by atoms with E-state index >= 15 is 0 Å². The van der Waals surface area contributed by atoms with Crippen LogP contribution in [-0.4, -0.2) is 35.4 Å². The molecule has 22 heavy (non-hydrogen) atoms. The van der Waals surface area contributed by atoms with Crippen molar-refractivity contribution >= 4 is 40.9 Å². The SMILES string of the molecule is Cl.O=C(c1cc(I)c[nH]1)N1CCNCC1c1cccc(F)c1. The van der Waals surface area contributed by atoms with E-state index in [-0.39, 0.29) is 30.2 Å². The van der Waals surface area contributed by atoms with Crippen molar-refractivity contribution in [1.29, 1.82) is 0 Å². The molecule has 2 aromatic rings. The first-order valence-corrected chi connectivity index (χ1v) is 7.84. The second-order valence-corrected chi connectivity index (χ2v) is 6.25. The van der Waals surface area contributed by atoms with Crippen LogP contribution in [0.1, 0.15) is 22.1 Å². The molecule has 1 aromatic heterocycles. The van der Waals surface area contributed by atoms with Gasteiger partial charge in [-0.3, -0.25) is 4.79 Å². The van der Waals surface area contributed by atoms with Crippen LogP contribution in [0.2, 0.25) is 0 Å². The zero-order valence-corrected chi connectivity index (χ0v) is 14.7. The molecule has 1 saturated heterocycles. The Hall–Kier alpha value is -1.12. The second-order valence-electron chi connectivity index (χ2n) is 5.01. The lowest BCUT2D eigenvalue weighted by molar-refractivity contribution is 0.0628. The number of aromatic amines is 1. The van der Waals surface area contributed by atoms with E-state index in [1.54, 1.807) is 17.2 Å². The average molecular weight is 436 g/mol. The summed E-state index contributed by atoms with van der Waals surface area (Å²) in [7, 11) is 0. The highest BCUT2D eigenvalue weighted by Gasteiger charge is 2.29. The van der Waals surface area contributed by atoms with Crippen LogP contribution in [0.25, 0.3) is 0 Å². The molecule has 1 fully saturated rings. The van der Waals surface area contributed by atoms with Crippen LogP contribution in [-0.2, 0) is 0 Å². The van der Waals surface area contributed by atoms with Crippen molar-refractivity contribution in [2.75, 3.05) is 19.6 Å². The Labute approximate surface area is 148 Å². The van der Waals surface area contributed by atoms with Gasteiger partial charge in [0.25, 0.3) is 5.91 Å². The number of halogens is 3. The minimum absolute atomic E-state index is 0. The molecule has 1 amide bonds. The van der Waals surface area contributed by atoms with Crippen molar-refractivity contribution in [1.82, 2.24) is 15.2 Å². The van der Waals surface area contributed by atoms with Gasteiger partial charge in [0.15, 0.2) is 0 Å². The molecule has 4 nitrogen and oxygen atoms in total. The Morgan fingerprint density at radius 3 is 2.86 bits per heavy atom. The molecule has 1 aromatic carbocycles. The Morgan fingerprint density at radius 1 is 1.36 bits per heavy atom. The van der Waals surface area contributed by atoms with Crippen LogP contribution >= 0.6 is 35.0 Å². The van der Waals surface area contributed by atoms with E-state index in [2.05, 4.69) is 32.9 Å². The summed E-state index contributed by atoms with van der Waals surface area (Å²) in [6.07, 6.45) is 1.80. The third kappa shape index (κ3) is 3.61. The molecular formula is C15H16ClFIN3O. The topological polar surface area (TPSA) is 48.1 Å². The molecule has 7 heteroatoms. The van der Waals surface area contributed by atoms with Gasteiger partial charge in [0.1, 0.15) is 11.5 Å². The molecular weight excluding hydrogens is 420 g/mol. The summed E-state index contributed by atoms with van der Waals surface area (Å²) in [5, 5.41) is 3.27. The monoisotopic (exact) mass is 435 g/mol. The minimum Gasteiger partial charge on any atom is -0.356 e. The van der Waals surface area contributed by atoms with Crippen LogP contribution in [0.3, 0.4) is 0 Å². The number of benzene rings is 1. The van der Waals surface area contributed by atoms with Gasteiger partial charge in [-0.25, -0.2) is 4.39 Å². The van der Waals surface area contributed by atoms with Gasteiger partial charge in [-0.2, -0.15) is 0 Å². The van der Waals surface area contributed by atoms with Crippen molar-refractivity contribution in [2.45, 2.75) is 6.04 Å². The Bertz CT molecular complexity index is 664. The van der Waals surface area contributed by atoms with Crippen molar-refractivity contribution in [3.05, 3.63) is 57.2 Å². The fourth-order valence-corrected chi connectivity index (χ4v) is 3.07. The van der Waals surface area contributed by atoms with Crippen molar-refractivity contribution in [3.63, 3.8) is 0 Å². The molecule has 1 atom stereocenters. The van der Waals surface area contributed by atoms with Gasteiger partial charge in [-0.15, -0.1) is 12.4 Å². The molecule has 0 spiro atoms. The van der Waals surface area contributed by atoms with Gasteiger partial charge in [-0.1, -0.05) is 12.1 Å². The summed E-state index contributed by atoms with van der Waals surface area (Å²) >= 11 is 2.16. The van der Waals surface area contributed by atoms with E-state index in [0.29, 0.717) is 18.8 Å². The third-order valence-corrected chi connectivity index (χ3v) is 4.24. The Kier molecular flexibility index (Phi) is 5.82. The summed E-state index contributed by atoms with van der Waals surface area (Å²) in [4.78, 5) is 17.4. The lowest BCUT2D eigenvalue weighted by Crippen LogP contribution is -2.48. The smallest absolute Gasteiger partial charge is 0.270 e. The fraction of sp³-hybridized carbons (Fsp3) is 0.267. The minimum atomic E-state index is -0.278. The number of hydrogen-bond donors (Lipinski definition) is 2. The molecule has 1 aliphatic heterocycles. The van der Waals surface area contributed by atoms with Gasteiger partial charge in [0.05, 0.1) is 6.04 Å². The number of carbonyl (C=O) groups is 1. The molecule has 1 unspecified atom stereocenters. The maximum atomic E-state index is 13.4. The van der Waals surface area contributed by atoms with Crippen LogP contribution in [0.5, 0.6) is 0 Å². The first kappa shape index (κ1) is 17.2. The lowest BCUT2D eigenvalue weighted by atomic mass is 10.0. The first-order valence-electron chi connectivity index (χ1n) is 6.76. The number of hydrogen-bond acceptors (Lipinski definition) is 2. The standard InChI is InChI=1S/C15H15FIN3O.ClH/c16-11-3-1-2-10(6-11)14-9-18-4-5-20(14)15(21)13-7-12(17)8-19-13;/h1-3,6-8,14,18-19H,4-5,9H2;1H. The van der Waals surface area contributed by atoms with Crippen molar-refractivity contribution in [3.8, 4) is 0 Å². The van der Waals surface area contributed by atoms with Crippen LogP contribution in [0.4, 0.5) is 4.39 Å². The molecule has 0 saturated carbocycles. The Morgan fingerprint density at radius 2 is 2.18 bits per heavy atom. The molecule has 0 bridgehead atoms. The average Bonchev–Trinajstić information content (AvgIpc) is 2.93. The maximum Gasteiger partial charge on any atom is 0.270 e. The van der Waals surface area contributed by atoms with Gasteiger partial charge >= 0.3 is 0 Å². The molecule has 2 N–H and O–H groups in total. The molecule has 118 valence electrons. The van der Waals surface area contributed by atoms with E-state index in [4.69, 9.17) is 0 Å². The van der Waals surface area contributed by atoms with Gasteiger partial charge in [-0.05, 0) is 46.4 Å². The number of rotatable bonds is 2. The molecule has 0 aliphatic carbocycles. The number of nitrogens with one attached hydrogen (secondary N) is 2. The number of carbonyl (C=O) groups excluding carboxylic acids is 1. The summed E-state index contributed by atoms with van der Waals surface area (Å²) in [6, 6.07) is 8.13. The maximum absolute atomic E-state index is 13.4. The highest BCUT2D eigenvalue weighted by Crippen LogP contribution is 2.24. The Balaban J connectivity index is 0.00000176. The summed E-state index contributed by atoms with van der Waals surface area (Å²) in [5.41, 5.74) is 1.39. The number of amides is 1. The van der Waals surface area contributed by atoms with Gasteiger partial charge < -0.3 is 15.2 Å². The van der Waals surface area contributed by atoms with Crippen LogP contribution in [0, 0.1) is 9.39 Å². The van der Waals surface area contributed by atoms with E-state index < -0.39 is 0 Å². The highest BCUT2D eigenvalue weighted by molar-refractivity contribution is 14.1. The van der Waals surface area contributed by atoms with Crippen LogP contribution in [0.15, 0.2) is 36.5 Å². The number of aromatic nitrogens is 1. The molecule has 3 rings (SSSR count). The summed E-state index contributed by atoms with van der Waals surface area (Å²) in [6.45, 7) is 1.98. The second kappa shape index (κ2) is 7.43. The lowest BCUT2D eigenvalue weighted by Gasteiger charge is -2.36. The van der Waals surface area contributed by atoms with Crippen LogP contribution < -0.4 is 5.32 Å². The number of H-pyrrole nitrogens is 1. The van der Waals surface area contributed by atoms with Crippen molar-refractivity contribution in [2.24, 2.45) is 0 Å². The number of piperazine rings is 1. The molecule has 0 radical (unpaired) electrons. The number of nitrogens with zero attached hydrogens (tertiary/aromatic N) is 1. The molecule has 1 aliphatic rings. The van der Waals surface area contributed by atoms with E-state index in [1.165, 1.54) is 12.1 Å². The van der Waals surface area contributed by atoms with Gasteiger partial charge in [0, 0.05) is 29.4 Å². The van der Waals surface area contributed by atoms with Crippen molar-refractivity contribution < 1.29 is 9.18 Å². The largest absolute Gasteiger partial charge is 0.356 e. The predicted molar refractivity (Wildman–Crippen MR) is 93.8 cm³/mol. The fourth-order valence-electron chi connectivity index (χ4n) is 2.61.